The van der Waals surface area contributed by atoms with Crippen molar-refractivity contribution in [3.05, 3.63) is 83.7 Å². The van der Waals surface area contributed by atoms with Crippen LogP contribution < -0.4 is 16.4 Å². The number of ether oxygens (including phenoxy) is 1. The van der Waals surface area contributed by atoms with Gasteiger partial charge in [-0.25, -0.2) is 14.4 Å². The van der Waals surface area contributed by atoms with E-state index in [4.69, 9.17) is 10.5 Å². The van der Waals surface area contributed by atoms with E-state index in [-0.39, 0.29) is 21.8 Å². The van der Waals surface area contributed by atoms with Crippen LogP contribution in [0.1, 0.15) is 32.2 Å². The molecule has 2 aromatic carbocycles. The minimum Gasteiger partial charge on any atom is -0.381 e. The summed E-state index contributed by atoms with van der Waals surface area (Å²) in [5.41, 5.74) is 5.15. The molecule has 196 valence electrons. The first-order valence-electron chi connectivity index (χ1n) is 10.8. The molecule has 1 fully saturated rings. The zero-order valence-electron chi connectivity index (χ0n) is 18.9. The van der Waals surface area contributed by atoms with Gasteiger partial charge in [0.15, 0.2) is 0 Å². The van der Waals surface area contributed by atoms with Gasteiger partial charge in [0.05, 0.1) is 29.3 Å². The van der Waals surface area contributed by atoms with Crippen LogP contribution in [0, 0.1) is 11.7 Å². The van der Waals surface area contributed by atoms with Gasteiger partial charge in [-0.05, 0) is 42.3 Å². The second-order valence-corrected chi connectivity index (χ2v) is 7.78. The van der Waals surface area contributed by atoms with Crippen molar-refractivity contribution in [3.63, 3.8) is 0 Å². The maximum atomic E-state index is 13.2. The number of primary amides is 1. The van der Waals surface area contributed by atoms with Crippen LogP contribution in [0.3, 0.4) is 0 Å². The van der Waals surface area contributed by atoms with Crippen LogP contribution in [0.2, 0.25) is 0 Å². The zero-order valence-corrected chi connectivity index (χ0v) is 18.9. The summed E-state index contributed by atoms with van der Waals surface area (Å²) in [7, 11) is 0. The predicted octanol–water partition coefficient (Wildman–Crippen LogP) is 4.55. The standard InChI is InChI=1S/C19H18F4N2O2.C5H5N3O.3H2/c20-14-3-6-17(16(9-14)19(21,22)23)25-15-4-1-12(2-5-15)10-24-18(26)13-7-8-27-11-13;6-5(9)4-1-7-3-8-2-4;;;/h1-6,9,13,25H,7-8,10-11H2,(H,24,26);1-3H,(H2,6,9);3*1H/t13-;;;;/m1..../s1. The Labute approximate surface area is 208 Å². The van der Waals surface area contributed by atoms with E-state index in [9.17, 15) is 27.2 Å². The zero-order chi connectivity index (χ0) is 26.1. The average Bonchev–Trinajstić information content (AvgIpc) is 3.40. The number of rotatable bonds is 6. The molecule has 0 saturated carbocycles. The Morgan fingerprint density at radius 2 is 1.81 bits per heavy atom. The van der Waals surface area contributed by atoms with Crippen molar-refractivity contribution in [2.75, 3.05) is 18.5 Å². The number of amides is 2. The van der Waals surface area contributed by atoms with E-state index in [2.05, 4.69) is 20.6 Å². The number of alkyl halides is 3. The number of hydrogen-bond donors (Lipinski definition) is 3. The molecule has 1 saturated heterocycles. The molecule has 12 heteroatoms. The molecular weight excluding hydrogens is 482 g/mol. The molecule has 0 radical (unpaired) electrons. The average molecular weight is 512 g/mol. The van der Waals surface area contributed by atoms with E-state index in [1.807, 2.05) is 0 Å². The van der Waals surface area contributed by atoms with E-state index >= 15 is 0 Å². The van der Waals surface area contributed by atoms with E-state index in [0.717, 1.165) is 17.7 Å². The summed E-state index contributed by atoms with van der Waals surface area (Å²) < 4.78 is 57.5. The summed E-state index contributed by atoms with van der Waals surface area (Å²) in [6, 6.07) is 9.07. The highest BCUT2D eigenvalue weighted by atomic mass is 19.4. The molecule has 36 heavy (non-hydrogen) atoms. The number of nitrogens with zero attached hydrogens (tertiary/aromatic N) is 2. The van der Waals surface area contributed by atoms with Crippen molar-refractivity contribution in [1.29, 1.82) is 0 Å². The number of nitrogens with two attached hydrogens (primary N) is 1. The first kappa shape index (κ1) is 26.5. The van der Waals surface area contributed by atoms with Crippen LogP contribution in [0.5, 0.6) is 0 Å². The quantitative estimate of drug-likeness (QED) is 0.418. The Morgan fingerprint density at radius 1 is 1.11 bits per heavy atom. The first-order chi connectivity index (χ1) is 17.1. The molecule has 2 amide bonds. The molecular formula is C24H29F4N5O3. The highest BCUT2D eigenvalue weighted by molar-refractivity contribution is 5.91. The van der Waals surface area contributed by atoms with Gasteiger partial charge in [0.1, 0.15) is 12.1 Å². The molecule has 0 aliphatic carbocycles. The first-order valence-corrected chi connectivity index (χ1v) is 10.8. The second kappa shape index (κ2) is 12.1. The SMILES string of the molecule is NC(=O)c1cncnc1.O=C(NCc1ccc(Nc2ccc(F)cc2C(F)(F)F)cc1)[C@@H]1CCOC1.[HH].[HH].[HH]. The Balaban J connectivity index is 0.00000103. The number of carbonyl (C=O) groups is 2. The van der Waals surface area contributed by atoms with Crippen LogP contribution in [0.4, 0.5) is 28.9 Å². The van der Waals surface area contributed by atoms with E-state index in [1.54, 1.807) is 24.3 Å². The van der Waals surface area contributed by atoms with Gasteiger partial charge < -0.3 is 21.1 Å². The molecule has 0 bridgehead atoms. The molecule has 3 aromatic rings. The third kappa shape index (κ3) is 7.73. The predicted molar refractivity (Wildman–Crippen MR) is 129 cm³/mol. The molecule has 1 aliphatic heterocycles. The third-order valence-electron chi connectivity index (χ3n) is 5.13. The Hall–Kier alpha value is -4.06. The number of halogens is 4. The summed E-state index contributed by atoms with van der Waals surface area (Å²) in [4.78, 5) is 29.5. The normalized spacial score (nSPS) is 14.9. The van der Waals surface area contributed by atoms with Gasteiger partial charge in [-0.1, -0.05) is 12.1 Å². The van der Waals surface area contributed by atoms with Gasteiger partial charge in [-0.15, -0.1) is 0 Å². The number of nitrogens with one attached hydrogen (secondary N) is 2. The van der Waals surface area contributed by atoms with Crippen LogP contribution in [-0.4, -0.2) is 35.0 Å². The number of anilines is 2. The molecule has 4 rings (SSSR count). The molecule has 0 spiro atoms. The fourth-order valence-corrected chi connectivity index (χ4v) is 3.22. The van der Waals surface area contributed by atoms with Gasteiger partial charge in [-0.2, -0.15) is 13.2 Å². The summed E-state index contributed by atoms with van der Waals surface area (Å²) in [5.74, 6) is -1.66. The van der Waals surface area contributed by atoms with Crippen molar-refractivity contribution in [2.45, 2.75) is 19.1 Å². The van der Waals surface area contributed by atoms with E-state index < -0.39 is 23.5 Å². The van der Waals surface area contributed by atoms with Gasteiger partial charge in [0.2, 0.25) is 5.91 Å². The molecule has 8 nitrogen and oxygen atoms in total. The maximum Gasteiger partial charge on any atom is 0.418 e. The number of carbonyl (C=O) groups excluding carboxylic acids is 2. The topological polar surface area (TPSA) is 119 Å². The smallest absolute Gasteiger partial charge is 0.381 e. The highest BCUT2D eigenvalue weighted by Gasteiger charge is 2.34. The van der Waals surface area contributed by atoms with Crippen molar-refractivity contribution >= 4 is 23.2 Å². The molecule has 1 aromatic heterocycles. The molecule has 2 heterocycles. The van der Waals surface area contributed by atoms with Crippen molar-refractivity contribution < 1.29 is 36.2 Å². The largest absolute Gasteiger partial charge is 0.418 e. The van der Waals surface area contributed by atoms with Crippen molar-refractivity contribution in [2.24, 2.45) is 11.7 Å². The van der Waals surface area contributed by atoms with Crippen LogP contribution in [0.15, 0.2) is 61.2 Å². The molecule has 0 unspecified atom stereocenters. The lowest BCUT2D eigenvalue weighted by atomic mass is 10.1. The minimum absolute atomic E-state index is 0. The second-order valence-electron chi connectivity index (χ2n) is 7.78. The monoisotopic (exact) mass is 511 g/mol. The fourth-order valence-electron chi connectivity index (χ4n) is 3.22. The summed E-state index contributed by atoms with van der Waals surface area (Å²) in [5, 5.41) is 5.47. The van der Waals surface area contributed by atoms with E-state index in [0.29, 0.717) is 43.5 Å². The Morgan fingerprint density at radius 3 is 2.36 bits per heavy atom. The maximum absolute atomic E-state index is 13.2. The van der Waals surface area contributed by atoms with Crippen LogP contribution in [0.25, 0.3) is 0 Å². The summed E-state index contributed by atoms with van der Waals surface area (Å²) in [6.07, 6.45) is 0.115. The highest BCUT2D eigenvalue weighted by Crippen LogP contribution is 2.36. The van der Waals surface area contributed by atoms with Gasteiger partial charge in [0.25, 0.3) is 5.91 Å². The van der Waals surface area contributed by atoms with E-state index in [1.165, 1.54) is 18.7 Å². The lowest BCUT2D eigenvalue weighted by molar-refractivity contribution is -0.137. The lowest BCUT2D eigenvalue weighted by Crippen LogP contribution is -2.30. The number of aromatic nitrogens is 2. The fraction of sp³-hybridized carbons (Fsp3) is 0.250. The molecule has 1 atom stereocenters. The van der Waals surface area contributed by atoms with Crippen LogP contribution >= 0.6 is 0 Å². The third-order valence-corrected chi connectivity index (χ3v) is 5.13. The summed E-state index contributed by atoms with van der Waals surface area (Å²) >= 11 is 0. The van der Waals surface area contributed by atoms with Gasteiger partial charge in [-0.3, -0.25) is 9.59 Å². The van der Waals surface area contributed by atoms with Crippen molar-refractivity contribution in [3.8, 4) is 0 Å². The molecule has 4 N–H and O–H groups in total. The Kier molecular flexibility index (Phi) is 8.90. The van der Waals surface area contributed by atoms with Gasteiger partial charge in [0, 0.05) is 35.5 Å². The Bertz CT molecular complexity index is 1180. The minimum atomic E-state index is -4.67. The van der Waals surface area contributed by atoms with Crippen LogP contribution in [-0.2, 0) is 22.3 Å². The number of hydrogen-bond acceptors (Lipinski definition) is 6. The van der Waals surface area contributed by atoms with Crippen molar-refractivity contribution in [1.82, 2.24) is 15.3 Å². The lowest BCUT2D eigenvalue weighted by Gasteiger charge is -2.15. The van der Waals surface area contributed by atoms with Gasteiger partial charge >= 0.3 is 6.18 Å². The molecule has 1 aliphatic rings. The number of benzene rings is 2. The summed E-state index contributed by atoms with van der Waals surface area (Å²) in [6.45, 7) is 1.33.